The lowest BCUT2D eigenvalue weighted by Gasteiger charge is -2.34. The molecular weight excluding hydrogens is 298 g/mol. The van der Waals surface area contributed by atoms with Gasteiger partial charge in [0.05, 0.1) is 11.9 Å². The zero-order chi connectivity index (χ0) is 16.5. The van der Waals surface area contributed by atoms with Crippen LogP contribution in [0.4, 0.5) is 11.4 Å². The maximum atomic E-state index is 4.48. The maximum absolute atomic E-state index is 4.48. The third-order valence-electron chi connectivity index (χ3n) is 4.78. The number of H-pyrrole nitrogens is 1. The SMILES string of the molecule is CNc1cnc2[nH]c(-c3cccc(N4CCN(C)CC4)c3)cc2c1. The van der Waals surface area contributed by atoms with Gasteiger partial charge in [-0.1, -0.05) is 12.1 Å². The Morgan fingerprint density at radius 2 is 1.92 bits per heavy atom. The van der Waals surface area contributed by atoms with E-state index in [2.05, 4.69) is 68.5 Å². The molecule has 0 spiro atoms. The van der Waals surface area contributed by atoms with Crippen molar-refractivity contribution in [1.82, 2.24) is 14.9 Å². The Morgan fingerprint density at radius 1 is 1.08 bits per heavy atom. The van der Waals surface area contributed by atoms with Crippen LogP contribution in [0.15, 0.2) is 42.6 Å². The van der Waals surface area contributed by atoms with Gasteiger partial charge in [0.1, 0.15) is 5.65 Å². The molecule has 2 N–H and O–H groups in total. The molecule has 1 saturated heterocycles. The van der Waals surface area contributed by atoms with Crippen LogP contribution < -0.4 is 10.2 Å². The monoisotopic (exact) mass is 321 g/mol. The summed E-state index contributed by atoms with van der Waals surface area (Å²) >= 11 is 0. The molecule has 5 nitrogen and oxygen atoms in total. The first-order chi connectivity index (χ1) is 11.7. The average molecular weight is 321 g/mol. The average Bonchev–Trinajstić information content (AvgIpc) is 3.05. The largest absolute Gasteiger partial charge is 0.387 e. The molecule has 1 aliphatic rings. The van der Waals surface area contributed by atoms with Crippen LogP contribution >= 0.6 is 0 Å². The topological polar surface area (TPSA) is 47.2 Å². The molecule has 0 aliphatic carbocycles. The quantitative estimate of drug-likeness (QED) is 0.778. The molecule has 4 rings (SSSR count). The predicted octanol–water partition coefficient (Wildman–Crippen LogP) is 3.02. The van der Waals surface area contributed by atoms with Crippen LogP contribution in [0.1, 0.15) is 0 Å². The minimum atomic E-state index is 0.925. The molecular formula is C19H23N5. The number of nitrogens with one attached hydrogen (secondary N) is 2. The van der Waals surface area contributed by atoms with Crippen molar-refractivity contribution in [2.24, 2.45) is 0 Å². The van der Waals surface area contributed by atoms with Gasteiger partial charge in [-0.15, -0.1) is 0 Å². The Balaban J connectivity index is 1.65. The van der Waals surface area contributed by atoms with E-state index in [0.29, 0.717) is 0 Å². The van der Waals surface area contributed by atoms with Gasteiger partial charge < -0.3 is 20.1 Å². The predicted molar refractivity (Wildman–Crippen MR) is 101 cm³/mol. The van der Waals surface area contributed by atoms with Crippen molar-refractivity contribution in [3.05, 3.63) is 42.6 Å². The lowest BCUT2D eigenvalue weighted by atomic mass is 10.1. The van der Waals surface area contributed by atoms with Crippen LogP contribution in [0.5, 0.6) is 0 Å². The number of benzene rings is 1. The van der Waals surface area contributed by atoms with Gasteiger partial charge in [-0.3, -0.25) is 0 Å². The summed E-state index contributed by atoms with van der Waals surface area (Å²) in [5.74, 6) is 0. The highest BCUT2D eigenvalue weighted by Gasteiger charge is 2.15. The van der Waals surface area contributed by atoms with Gasteiger partial charge in [0.2, 0.25) is 0 Å². The summed E-state index contributed by atoms with van der Waals surface area (Å²) in [6.07, 6.45) is 1.85. The molecule has 24 heavy (non-hydrogen) atoms. The van der Waals surface area contributed by atoms with E-state index in [-0.39, 0.29) is 0 Å². The number of piperazine rings is 1. The van der Waals surface area contributed by atoms with Crippen molar-refractivity contribution < 1.29 is 0 Å². The highest BCUT2D eigenvalue weighted by Crippen LogP contribution is 2.28. The number of nitrogens with zero attached hydrogens (tertiary/aromatic N) is 3. The van der Waals surface area contributed by atoms with Crippen LogP contribution in [-0.2, 0) is 0 Å². The molecule has 1 aromatic carbocycles. The van der Waals surface area contributed by atoms with E-state index in [9.17, 15) is 0 Å². The summed E-state index contributed by atoms with van der Waals surface area (Å²) in [5, 5.41) is 4.26. The van der Waals surface area contributed by atoms with Crippen molar-refractivity contribution in [2.45, 2.75) is 0 Å². The number of anilines is 2. The molecule has 1 aliphatic heterocycles. The fourth-order valence-corrected chi connectivity index (χ4v) is 3.24. The molecule has 3 heterocycles. The minimum absolute atomic E-state index is 0.925. The molecule has 5 heteroatoms. The number of pyridine rings is 1. The van der Waals surface area contributed by atoms with E-state index in [1.165, 1.54) is 11.3 Å². The summed E-state index contributed by atoms with van der Waals surface area (Å²) in [6, 6.07) is 13.1. The van der Waals surface area contributed by atoms with E-state index >= 15 is 0 Å². The smallest absolute Gasteiger partial charge is 0.137 e. The third-order valence-corrected chi connectivity index (χ3v) is 4.78. The number of aromatic nitrogens is 2. The zero-order valence-electron chi connectivity index (χ0n) is 14.2. The van der Waals surface area contributed by atoms with Crippen LogP contribution in [-0.4, -0.2) is 55.1 Å². The van der Waals surface area contributed by atoms with Gasteiger partial charge in [0.15, 0.2) is 0 Å². The second-order valence-electron chi connectivity index (χ2n) is 6.44. The van der Waals surface area contributed by atoms with Gasteiger partial charge in [0, 0.05) is 55.6 Å². The lowest BCUT2D eigenvalue weighted by Crippen LogP contribution is -2.44. The lowest BCUT2D eigenvalue weighted by molar-refractivity contribution is 0.313. The number of aromatic amines is 1. The fourth-order valence-electron chi connectivity index (χ4n) is 3.24. The highest BCUT2D eigenvalue weighted by atomic mass is 15.2. The first kappa shape index (κ1) is 15.0. The van der Waals surface area contributed by atoms with E-state index in [1.807, 2.05) is 13.2 Å². The maximum Gasteiger partial charge on any atom is 0.137 e. The summed E-state index contributed by atoms with van der Waals surface area (Å²) in [6.45, 7) is 4.40. The summed E-state index contributed by atoms with van der Waals surface area (Å²) in [4.78, 5) is 12.8. The van der Waals surface area contributed by atoms with Gasteiger partial charge in [-0.2, -0.15) is 0 Å². The standard InChI is InChI=1S/C19H23N5/c1-20-16-10-15-12-18(22-19(15)21-13-16)14-4-3-5-17(11-14)24-8-6-23(2)7-9-24/h3-5,10-13,20H,6-9H2,1-2H3,(H,21,22). The first-order valence-corrected chi connectivity index (χ1v) is 8.43. The number of hydrogen-bond acceptors (Lipinski definition) is 4. The fraction of sp³-hybridized carbons (Fsp3) is 0.316. The third kappa shape index (κ3) is 2.83. The van der Waals surface area contributed by atoms with Crippen molar-refractivity contribution in [3.8, 4) is 11.3 Å². The molecule has 0 atom stereocenters. The van der Waals surface area contributed by atoms with Gasteiger partial charge >= 0.3 is 0 Å². The Hall–Kier alpha value is -2.53. The molecule has 0 radical (unpaired) electrons. The Kier molecular flexibility index (Phi) is 3.86. The zero-order valence-corrected chi connectivity index (χ0v) is 14.2. The van der Waals surface area contributed by atoms with Gasteiger partial charge in [0.25, 0.3) is 0 Å². The molecule has 0 saturated carbocycles. The molecule has 0 unspecified atom stereocenters. The first-order valence-electron chi connectivity index (χ1n) is 8.43. The van der Waals surface area contributed by atoms with E-state index in [1.54, 1.807) is 0 Å². The number of hydrogen-bond donors (Lipinski definition) is 2. The van der Waals surface area contributed by atoms with Crippen molar-refractivity contribution in [2.75, 3.05) is 50.5 Å². The van der Waals surface area contributed by atoms with Gasteiger partial charge in [-0.05, 0) is 31.3 Å². The molecule has 124 valence electrons. The number of rotatable bonds is 3. The normalized spacial score (nSPS) is 15.8. The number of likely N-dealkylation sites (N-methyl/N-ethyl adjacent to an activating group) is 1. The molecule has 0 bridgehead atoms. The van der Waals surface area contributed by atoms with E-state index in [0.717, 1.165) is 48.6 Å². The van der Waals surface area contributed by atoms with Crippen LogP contribution in [0.2, 0.25) is 0 Å². The summed E-state index contributed by atoms with van der Waals surface area (Å²) in [5.41, 5.74) is 5.56. The molecule has 0 amide bonds. The van der Waals surface area contributed by atoms with Crippen molar-refractivity contribution >= 4 is 22.4 Å². The minimum Gasteiger partial charge on any atom is -0.387 e. The van der Waals surface area contributed by atoms with E-state index in [4.69, 9.17) is 0 Å². The second kappa shape index (κ2) is 6.17. The van der Waals surface area contributed by atoms with Crippen molar-refractivity contribution in [1.29, 1.82) is 0 Å². The Bertz CT molecular complexity index is 846. The summed E-state index contributed by atoms with van der Waals surface area (Å²) in [7, 11) is 4.10. The van der Waals surface area contributed by atoms with Gasteiger partial charge in [-0.25, -0.2) is 4.98 Å². The van der Waals surface area contributed by atoms with Crippen LogP contribution in [0, 0.1) is 0 Å². The van der Waals surface area contributed by atoms with Crippen LogP contribution in [0.3, 0.4) is 0 Å². The molecule has 2 aromatic heterocycles. The Labute approximate surface area is 142 Å². The Morgan fingerprint density at radius 3 is 2.71 bits per heavy atom. The molecule has 3 aromatic rings. The van der Waals surface area contributed by atoms with E-state index < -0.39 is 0 Å². The summed E-state index contributed by atoms with van der Waals surface area (Å²) < 4.78 is 0. The van der Waals surface area contributed by atoms with Crippen molar-refractivity contribution in [3.63, 3.8) is 0 Å². The second-order valence-corrected chi connectivity index (χ2v) is 6.44. The number of fused-ring (bicyclic) bond motifs is 1. The molecule has 1 fully saturated rings. The highest BCUT2D eigenvalue weighted by molar-refractivity contribution is 5.85. The van der Waals surface area contributed by atoms with Crippen LogP contribution in [0.25, 0.3) is 22.3 Å².